The SMILES string of the molecule is CCN1CN(Br)c2ccccc21. The van der Waals surface area contributed by atoms with Gasteiger partial charge >= 0.3 is 0 Å². The first-order chi connectivity index (χ1) is 5.83. The van der Waals surface area contributed by atoms with Crippen LogP contribution in [0.2, 0.25) is 0 Å². The van der Waals surface area contributed by atoms with E-state index in [2.05, 4.69) is 56.2 Å². The van der Waals surface area contributed by atoms with E-state index in [4.69, 9.17) is 0 Å². The molecule has 0 amide bonds. The predicted octanol–water partition coefficient (Wildman–Crippen LogP) is 2.60. The van der Waals surface area contributed by atoms with Crippen molar-refractivity contribution in [2.24, 2.45) is 0 Å². The average molecular weight is 227 g/mol. The van der Waals surface area contributed by atoms with Crippen LogP contribution in [0.3, 0.4) is 0 Å². The van der Waals surface area contributed by atoms with E-state index < -0.39 is 0 Å². The fraction of sp³-hybridized carbons (Fsp3) is 0.333. The molecule has 0 fully saturated rings. The second kappa shape index (κ2) is 2.98. The van der Waals surface area contributed by atoms with Gasteiger partial charge in [0.15, 0.2) is 0 Å². The first-order valence-electron chi connectivity index (χ1n) is 4.10. The van der Waals surface area contributed by atoms with Crippen molar-refractivity contribution in [1.82, 2.24) is 0 Å². The van der Waals surface area contributed by atoms with Gasteiger partial charge in [0.25, 0.3) is 0 Å². The van der Waals surface area contributed by atoms with Crippen molar-refractivity contribution < 1.29 is 0 Å². The lowest BCUT2D eigenvalue weighted by molar-refractivity contribution is 0.892. The average Bonchev–Trinajstić information content (AvgIpc) is 2.44. The molecule has 0 saturated heterocycles. The van der Waals surface area contributed by atoms with E-state index in [-0.39, 0.29) is 0 Å². The molecule has 2 rings (SSSR count). The molecule has 12 heavy (non-hydrogen) atoms. The lowest BCUT2D eigenvalue weighted by atomic mass is 10.3. The molecule has 1 aliphatic rings. The molecule has 0 radical (unpaired) electrons. The molecule has 0 aliphatic carbocycles. The molecule has 1 aliphatic heterocycles. The molecule has 0 spiro atoms. The number of benzene rings is 1. The number of hydrogen-bond acceptors (Lipinski definition) is 2. The van der Waals surface area contributed by atoms with Crippen LogP contribution in [0.15, 0.2) is 24.3 Å². The molecule has 2 nitrogen and oxygen atoms in total. The van der Waals surface area contributed by atoms with Gasteiger partial charge in [0.2, 0.25) is 0 Å². The Hall–Kier alpha value is -0.700. The highest BCUT2D eigenvalue weighted by atomic mass is 79.9. The highest BCUT2D eigenvalue weighted by Gasteiger charge is 2.21. The van der Waals surface area contributed by atoms with E-state index in [1.807, 2.05) is 0 Å². The first-order valence-corrected chi connectivity index (χ1v) is 4.81. The van der Waals surface area contributed by atoms with Crippen LogP contribution < -0.4 is 8.83 Å². The number of hydrogen-bond donors (Lipinski definition) is 0. The number of anilines is 2. The molecule has 0 unspecified atom stereocenters. The van der Waals surface area contributed by atoms with Crippen molar-refractivity contribution in [3.05, 3.63) is 24.3 Å². The Bertz CT molecular complexity index is 288. The third kappa shape index (κ3) is 1.08. The molecule has 3 heteroatoms. The lowest BCUT2D eigenvalue weighted by Gasteiger charge is -2.14. The minimum atomic E-state index is 0.940. The molecule has 0 bridgehead atoms. The quantitative estimate of drug-likeness (QED) is 0.680. The predicted molar refractivity (Wildman–Crippen MR) is 55.7 cm³/mol. The van der Waals surface area contributed by atoms with Crippen molar-refractivity contribution in [3.63, 3.8) is 0 Å². The van der Waals surface area contributed by atoms with Gasteiger partial charge in [-0.15, -0.1) is 0 Å². The molecule has 1 aromatic rings. The van der Waals surface area contributed by atoms with Gasteiger partial charge < -0.3 is 4.90 Å². The zero-order valence-corrected chi connectivity index (χ0v) is 8.58. The van der Waals surface area contributed by atoms with Crippen molar-refractivity contribution in [3.8, 4) is 0 Å². The molecule has 64 valence electrons. The highest BCUT2D eigenvalue weighted by molar-refractivity contribution is 9.10. The molecular formula is C9H11BrN2. The Morgan fingerprint density at radius 1 is 1.33 bits per heavy atom. The summed E-state index contributed by atoms with van der Waals surface area (Å²) in [6.07, 6.45) is 0. The number of nitrogens with zero attached hydrogens (tertiary/aromatic N) is 2. The first kappa shape index (κ1) is 7.92. The maximum atomic E-state index is 3.51. The Labute approximate surface area is 81.1 Å². The third-order valence-electron chi connectivity index (χ3n) is 2.16. The lowest BCUT2D eigenvalue weighted by Crippen LogP contribution is -2.24. The van der Waals surface area contributed by atoms with E-state index in [1.165, 1.54) is 11.4 Å². The molecule has 1 aromatic carbocycles. The summed E-state index contributed by atoms with van der Waals surface area (Å²) in [6, 6.07) is 8.42. The minimum Gasteiger partial charge on any atom is -0.352 e. The summed E-state index contributed by atoms with van der Waals surface area (Å²) in [5, 5.41) is 0. The summed E-state index contributed by atoms with van der Waals surface area (Å²) in [6.45, 7) is 4.16. The van der Waals surface area contributed by atoms with Gasteiger partial charge in [-0.3, -0.25) is 3.93 Å². The van der Waals surface area contributed by atoms with Gasteiger partial charge in [0.1, 0.15) is 6.67 Å². The van der Waals surface area contributed by atoms with E-state index in [0.717, 1.165) is 13.2 Å². The van der Waals surface area contributed by atoms with Gasteiger partial charge in [-0.1, -0.05) is 12.1 Å². The second-order valence-corrected chi connectivity index (χ2v) is 3.70. The van der Waals surface area contributed by atoms with Crippen LogP contribution in [-0.4, -0.2) is 13.2 Å². The topological polar surface area (TPSA) is 6.48 Å². The van der Waals surface area contributed by atoms with Gasteiger partial charge in [0.05, 0.1) is 27.5 Å². The van der Waals surface area contributed by atoms with Crippen molar-refractivity contribution in [2.45, 2.75) is 6.92 Å². The zero-order chi connectivity index (χ0) is 8.55. The summed E-state index contributed by atoms with van der Waals surface area (Å²) in [7, 11) is 0. The number of para-hydroxylation sites is 2. The van der Waals surface area contributed by atoms with Crippen LogP contribution in [0.25, 0.3) is 0 Å². The van der Waals surface area contributed by atoms with Crippen LogP contribution >= 0.6 is 16.1 Å². The highest BCUT2D eigenvalue weighted by Crippen LogP contribution is 2.36. The summed E-state index contributed by atoms with van der Waals surface area (Å²) in [5.74, 6) is 0. The largest absolute Gasteiger partial charge is 0.352 e. The van der Waals surface area contributed by atoms with Crippen molar-refractivity contribution >= 4 is 27.5 Å². The molecular weight excluding hydrogens is 216 g/mol. The molecule has 0 saturated carbocycles. The monoisotopic (exact) mass is 226 g/mol. The van der Waals surface area contributed by atoms with Gasteiger partial charge in [0, 0.05) is 6.54 Å². The Morgan fingerprint density at radius 2 is 2.00 bits per heavy atom. The van der Waals surface area contributed by atoms with Crippen LogP contribution in [0.1, 0.15) is 6.92 Å². The third-order valence-corrected chi connectivity index (χ3v) is 2.77. The maximum Gasteiger partial charge on any atom is 0.101 e. The fourth-order valence-corrected chi connectivity index (χ4v) is 2.08. The van der Waals surface area contributed by atoms with Crippen LogP contribution in [0.5, 0.6) is 0 Å². The fourth-order valence-electron chi connectivity index (χ4n) is 1.51. The standard InChI is InChI=1S/C9H11BrN2/c1-2-11-7-12(10)9-6-4-3-5-8(9)11/h3-6H,2,7H2,1H3. The van der Waals surface area contributed by atoms with E-state index >= 15 is 0 Å². The van der Waals surface area contributed by atoms with Gasteiger partial charge in [-0.25, -0.2) is 0 Å². The zero-order valence-electron chi connectivity index (χ0n) is 7.00. The number of fused-ring (bicyclic) bond motifs is 1. The Balaban J connectivity index is 2.43. The van der Waals surface area contributed by atoms with Crippen LogP contribution in [0, 0.1) is 0 Å². The molecule has 0 aromatic heterocycles. The van der Waals surface area contributed by atoms with E-state index in [0.29, 0.717) is 0 Å². The van der Waals surface area contributed by atoms with Crippen LogP contribution in [-0.2, 0) is 0 Å². The number of halogens is 1. The molecule has 0 N–H and O–H groups in total. The molecule has 1 heterocycles. The molecule has 0 atom stereocenters. The van der Waals surface area contributed by atoms with Crippen molar-refractivity contribution in [2.75, 3.05) is 22.0 Å². The van der Waals surface area contributed by atoms with Gasteiger partial charge in [-0.05, 0) is 19.1 Å². The summed E-state index contributed by atoms with van der Waals surface area (Å²) in [4.78, 5) is 2.32. The summed E-state index contributed by atoms with van der Waals surface area (Å²) < 4.78 is 2.09. The van der Waals surface area contributed by atoms with Crippen molar-refractivity contribution in [1.29, 1.82) is 0 Å². The van der Waals surface area contributed by atoms with E-state index in [1.54, 1.807) is 0 Å². The Morgan fingerprint density at radius 3 is 2.67 bits per heavy atom. The number of rotatable bonds is 1. The summed E-state index contributed by atoms with van der Waals surface area (Å²) in [5.41, 5.74) is 2.58. The Kier molecular flexibility index (Phi) is 1.97. The minimum absolute atomic E-state index is 0.940. The van der Waals surface area contributed by atoms with Crippen LogP contribution in [0.4, 0.5) is 11.4 Å². The van der Waals surface area contributed by atoms with Gasteiger partial charge in [-0.2, -0.15) is 0 Å². The maximum absolute atomic E-state index is 3.51. The van der Waals surface area contributed by atoms with E-state index in [9.17, 15) is 0 Å². The second-order valence-electron chi connectivity index (χ2n) is 2.85. The summed E-state index contributed by atoms with van der Waals surface area (Å²) >= 11 is 3.51. The smallest absolute Gasteiger partial charge is 0.101 e. The normalized spacial score (nSPS) is 15.2.